The molecule has 20 heavy (non-hydrogen) atoms. The predicted octanol–water partition coefficient (Wildman–Crippen LogP) is 1.91. The van der Waals surface area contributed by atoms with Gasteiger partial charge in [-0.25, -0.2) is 0 Å². The summed E-state index contributed by atoms with van der Waals surface area (Å²) in [6.45, 7) is 4.41. The monoisotopic (exact) mass is 273 g/mol. The van der Waals surface area contributed by atoms with Crippen molar-refractivity contribution in [1.29, 1.82) is 0 Å². The molecule has 0 spiro atoms. The Labute approximate surface area is 118 Å². The Morgan fingerprint density at radius 1 is 1.35 bits per heavy atom. The van der Waals surface area contributed by atoms with Crippen LogP contribution in [-0.2, 0) is 12.8 Å². The molecule has 3 N–H and O–H groups in total. The molecule has 0 saturated heterocycles. The number of guanidine groups is 1. The number of nitrogens with two attached hydrogens (primary N) is 1. The maximum absolute atomic E-state index is 5.82. The lowest BCUT2D eigenvalue weighted by atomic mass is 10.1. The fourth-order valence-corrected chi connectivity index (χ4v) is 1.72. The Morgan fingerprint density at radius 3 is 2.70 bits per heavy atom. The van der Waals surface area contributed by atoms with E-state index in [1.165, 1.54) is 5.56 Å². The number of anilines is 1. The second-order valence-electron chi connectivity index (χ2n) is 4.43. The molecule has 0 bridgehead atoms. The van der Waals surface area contributed by atoms with Crippen LogP contribution in [0.5, 0.6) is 0 Å². The average Bonchev–Trinajstić information content (AvgIpc) is 2.85. The number of hydrogen-bond acceptors (Lipinski definition) is 4. The Kier molecular flexibility index (Phi) is 4.70. The molecule has 2 rings (SSSR count). The van der Waals surface area contributed by atoms with Crippen LogP contribution < -0.4 is 11.1 Å². The molecule has 0 aliphatic heterocycles. The van der Waals surface area contributed by atoms with Crippen molar-refractivity contribution in [3.63, 3.8) is 0 Å². The van der Waals surface area contributed by atoms with Crippen molar-refractivity contribution in [2.75, 3.05) is 11.9 Å². The first-order chi connectivity index (χ1) is 9.67. The van der Waals surface area contributed by atoms with E-state index >= 15 is 0 Å². The summed E-state index contributed by atoms with van der Waals surface area (Å²) in [5.41, 5.74) is 8.04. The maximum atomic E-state index is 5.82. The van der Waals surface area contributed by atoms with E-state index < -0.39 is 0 Å². The van der Waals surface area contributed by atoms with Gasteiger partial charge in [0.05, 0.1) is 6.54 Å². The number of rotatable bonds is 5. The van der Waals surface area contributed by atoms with Crippen LogP contribution in [0.25, 0.3) is 0 Å². The highest BCUT2D eigenvalue weighted by atomic mass is 16.5. The highest BCUT2D eigenvalue weighted by Gasteiger charge is 2.01. The van der Waals surface area contributed by atoms with Gasteiger partial charge in [0.25, 0.3) is 0 Å². The van der Waals surface area contributed by atoms with Gasteiger partial charge in [0, 0.05) is 12.1 Å². The zero-order valence-corrected chi connectivity index (χ0v) is 11.8. The number of nitrogens with zero attached hydrogens (tertiary/aromatic N) is 3. The number of aliphatic imine (C=N–C) groups is 1. The summed E-state index contributed by atoms with van der Waals surface area (Å²) in [7, 11) is 0. The predicted molar refractivity (Wildman–Crippen MR) is 78.7 cm³/mol. The number of aryl methyl sites for hydroxylation is 2. The summed E-state index contributed by atoms with van der Waals surface area (Å²) in [5.74, 6) is 1.59. The van der Waals surface area contributed by atoms with E-state index in [2.05, 4.69) is 39.5 Å². The molecule has 0 aliphatic rings. The minimum atomic E-state index is 0.380. The van der Waals surface area contributed by atoms with Gasteiger partial charge in [0.15, 0.2) is 11.8 Å². The molecule has 0 unspecified atom stereocenters. The first-order valence-electron chi connectivity index (χ1n) is 6.62. The molecule has 0 aliphatic carbocycles. The summed E-state index contributed by atoms with van der Waals surface area (Å²) >= 11 is 0. The van der Waals surface area contributed by atoms with E-state index in [1.54, 1.807) is 6.92 Å². The molecule has 0 radical (unpaired) electrons. The Bertz CT molecular complexity index is 574. The van der Waals surface area contributed by atoms with Gasteiger partial charge in [0.2, 0.25) is 5.89 Å². The molecule has 106 valence electrons. The smallest absolute Gasteiger partial charge is 0.228 e. The summed E-state index contributed by atoms with van der Waals surface area (Å²) in [4.78, 5) is 8.32. The second kappa shape index (κ2) is 6.70. The molecular weight excluding hydrogens is 254 g/mol. The third-order valence-electron chi connectivity index (χ3n) is 2.81. The van der Waals surface area contributed by atoms with E-state index in [1.807, 2.05) is 12.1 Å². The molecule has 1 aromatic carbocycles. The molecule has 6 heteroatoms. The summed E-state index contributed by atoms with van der Waals surface area (Å²) in [6, 6.07) is 8.11. The van der Waals surface area contributed by atoms with E-state index in [0.717, 1.165) is 12.1 Å². The van der Waals surface area contributed by atoms with Crippen molar-refractivity contribution in [2.24, 2.45) is 10.7 Å². The van der Waals surface area contributed by atoms with Gasteiger partial charge in [-0.2, -0.15) is 4.98 Å². The van der Waals surface area contributed by atoms with E-state index in [-0.39, 0.29) is 0 Å². The van der Waals surface area contributed by atoms with Crippen LogP contribution in [0.15, 0.2) is 33.8 Å². The molecule has 6 nitrogen and oxygen atoms in total. The average molecular weight is 273 g/mol. The zero-order valence-electron chi connectivity index (χ0n) is 11.8. The van der Waals surface area contributed by atoms with Gasteiger partial charge in [-0.3, -0.25) is 4.99 Å². The van der Waals surface area contributed by atoms with Gasteiger partial charge in [0.1, 0.15) is 0 Å². The van der Waals surface area contributed by atoms with Crippen LogP contribution in [0, 0.1) is 6.92 Å². The van der Waals surface area contributed by atoms with Crippen LogP contribution >= 0.6 is 0 Å². The molecule has 0 amide bonds. The second-order valence-corrected chi connectivity index (χ2v) is 4.43. The fraction of sp³-hybridized carbons (Fsp3) is 0.357. The van der Waals surface area contributed by atoms with E-state index in [4.69, 9.17) is 10.3 Å². The topological polar surface area (TPSA) is 89.3 Å². The van der Waals surface area contributed by atoms with Crippen molar-refractivity contribution in [1.82, 2.24) is 10.1 Å². The SMILES string of the molecule is CCc1ccc(NC(N)=NCCc2nc(C)no2)cc1. The minimum absolute atomic E-state index is 0.380. The van der Waals surface area contributed by atoms with E-state index in [0.29, 0.717) is 30.6 Å². The lowest BCUT2D eigenvalue weighted by Crippen LogP contribution is -2.23. The van der Waals surface area contributed by atoms with Crippen molar-refractivity contribution < 1.29 is 4.52 Å². The maximum Gasteiger partial charge on any atom is 0.228 e. The largest absolute Gasteiger partial charge is 0.370 e. The van der Waals surface area contributed by atoms with Gasteiger partial charge >= 0.3 is 0 Å². The normalized spacial score (nSPS) is 11.6. The van der Waals surface area contributed by atoms with Crippen LogP contribution in [0.3, 0.4) is 0 Å². The first-order valence-corrected chi connectivity index (χ1v) is 6.62. The molecular formula is C14H19N5O. The Morgan fingerprint density at radius 2 is 2.10 bits per heavy atom. The highest BCUT2D eigenvalue weighted by Crippen LogP contribution is 2.09. The Balaban J connectivity index is 1.83. The first kappa shape index (κ1) is 14.0. The summed E-state index contributed by atoms with van der Waals surface area (Å²) in [5, 5.41) is 6.76. The molecule has 1 heterocycles. The van der Waals surface area contributed by atoms with Crippen LogP contribution in [-0.4, -0.2) is 22.6 Å². The third kappa shape index (κ3) is 4.08. The molecule has 0 saturated carbocycles. The van der Waals surface area contributed by atoms with Gasteiger partial charge in [-0.05, 0) is 31.0 Å². The fourth-order valence-electron chi connectivity index (χ4n) is 1.72. The van der Waals surface area contributed by atoms with Gasteiger partial charge in [-0.1, -0.05) is 24.2 Å². The molecule has 0 atom stereocenters. The number of aromatic nitrogens is 2. The number of hydrogen-bond donors (Lipinski definition) is 2. The zero-order chi connectivity index (χ0) is 14.4. The number of benzene rings is 1. The standard InChI is InChI=1S/C14H19N5O/c1-3-11-4-6-12(7-5-11)18-14(15)16-9-8-13-17-10(2)19-20-13/h4-7H,3,8-9H2,1-2H3,(H3,15,16,18). The quantitative estimate of drug-likeness (QED) is 0.641. The molecule has 2 aromatic rings. The van der Waals surface area contributed by atoms with Crippen molar-refractivity contribution in [2.45, 2.75) is 26.7 Å². The van der Waals surface area contributed by atoms with Crippen LogP contribution in [0.4, 0.5) is 5.69 Å². The lowest BCUT2D eigenvalue weighted by molar-refractivity contribution is 0.376. The van der Waals surface area contributed by atoms with Crippen LogP contribution in [0.2, 0.25) is 0 Å². The van der Waals surface area contributed by atoms with E-state index in [9.17, 15) is 0 Å². The lowest BCUT2D eigenvalue weighted by Gasteiger charge is -2.06. The van der Waals surface area contributed by atoms with Crippen molar-refractivity contribution in [3.8, 4) is 0 Å². The highest BCUT2D eigenvalue weighted by molar-refractivity contribution is 5.92. The summed E-state index contributed by atoms with van der Waals surface area (Å²) < 4.78 is 5.00. The van der Waals surface area contributed by atoms with Crippen molar-refractivity contribution >= 4 is 11.6 Å². The minimum Gasteiger partial charge on any atom is -0.370 e. The number of nitrogens with one attached hydrogen (secondary N) is 1. The van der Waals surface area contributed by atoms with Crippen LogP contribution in [0.1, 0.15) is 24.2 Å². The summed E-state index contributed by atoms with van der Waals surface area (Å²) in [6.07, 6.45) is 1.60. The third-order valence-corrected chi connectivity index (χ3v) is 2.81. The van der Waals surface area contributed by atoms with Gasteiger partial charge in [-0.15, -0.1) is 0 Å². The Hall–Kier alpha value is -2.37. The molecule has 1 aromatic heterocycles. The molecule has 0 fully saturated rings. The van der Waals surface area contributed by atoms with Gasteiger partial charge < -0.3 is 15.6 Å². The van der Waals surface area contributed by atoms with Crippen molar-refractivity contribution in [3.05, 3.63) is 41.5 Å².